The summed E-state index contributed by atoms with van der Waals surface area (Å²) in [5.74, 6) is 1.62. The molecular weight excluding hydrogens is 312 g/mol. The molecule has 2 rings (SSSR count). The first-order chi connectivity index (χ1) is 12.0. The Morgan fingerprint density at radius 2 is 1.80 bits per heavy atom. The molecule has 0 aliphatic carbocycles. The smallest absolute Gasteiger partial charge is 0.194 e. The van der Waals surface area contributed by atoms with E-state index >= 15 is 0 Å². The van der Waals surface area contributed by atoms with E-state index in [2.05, 4.69) is 47.8 Å². The minimum absolute atomic E-state index is 0.387. The fourth-order valence-corrected chi connectivity index (χ4v) is 3.15. The maximum absolute atomic E-state index is 10.4. The zero-order valence-electron chi connectivity index (χ0n) is 16.2. The predicted molar refractivity (Wildman–Crippen MR) is 105 cm³/mol. The molecule has 5 nitrogen and oxygen atoms in total. The van der Waals surface area contributed by atoms with E-state index in [1.165, 1.54) is 5.56 Å². The Bertz CT molecular complexity index is 533. The summed E-state index contributed by atoms with van der Waals surface area (Å²) in [7, 11) is 0. The zero-order valence-corrected chi connectivity index (χ0v) is 16.2. The van der Waals surface area contributed by atoms with Crippen molar-refractivity contribution in [3.8, 4) is 0 Å². The average Bonchev–Trinajstić information content (AvgIpc) is 2.59. The quantitative estimate of drug-likeness (QED) is 0.613. The van der Waals surface area contributed by atoms with Gasteiger partial charge in [-0.1, -0.05) is 43.7 Å². The molecule has 1 aliphatic rings. The summed E-state index contributed by atoms with van der Waals surface area (Å²) in [5.41, 5.74) is 2.12. The van der Waals surface area contributed by atoms with Crippen molar-refractivity contribution in [1.82, 2.24) is 15.1 Å². The second kappa shape index (κ2) is 9.78. The third-order valence-electron chi connectivity index (χ3n) is 4.51. The van der Waals surface area contributed by atoms with Crippen LogP contribution >= 0.6 is 0 Å². The van der Waals surface area contributed by atoms with Gasteiger partial charge in [-0.15, -0.1) is 0 Å². The van der Waals surface area contributed by atoms with Crippen molar-refractivity contribution in [3.05, 3.63) is 35.4 Å². The number of aliphatic hydroxyl groups is 1. The number of aliphatic imine (C=N–C) groups is 1. The summed E-state index contributed by atoms with van der Waals surface area (Å²) in [6, 6.07) is 8.02. The topological polar surface area (TPSA) is 51.1 Å². The molecule has 0 spiro atoms. The predicted octanol–water partition coefficient (Wildman–Crippen LogP) is 2.27. The lowest BCUT2D eigenvalue weighted by atomic mass is 10.1. The lowest BCUT2D eigenvalue weighted by Crippen LogP contribution is -2.53. The third kappa shape index (κ3) is 6.33. The molecule has 0 amide bonds. The normalized spacial score (nSPS) is 17.8. The van der Waals surface area contributed by atoms with Crippen LogP contribution in [0.2, 0.25) is 0 Å². The van der Waals surface area contributed by atoms with E-state index in [-0.39, 0.29) is 0 Å². The van der Waals surface area contributed by atoms with Crippen LogP contribution in [0.4, 0.5) is 0 Å². The highest BCUT2D eigenvalue weighted by Gasteiger charge is 2.20. The summed E-state index contributed by atoms with van der Waals surface area (Å²) >= 11 is 0. The second-order valence-corrected chi connectivity index (χ2v) is 7.30. The SMILES string of the molecule is CCNC(=NCC(O)c1ccc(C)cc1)N1CCN(CC(C)C)CC1. The fourth-order valence-electron chi connectivity index (χ4n) is 3.15. The van der Waals surface area contributed by atoms with Gasteiger partial charge in [0.2, 0.25) is 0 Å². The molecule has 1 aliphatic heterocycles. The maximum Gasteiger partial charge on any atom is 0.194 e. The number of rotatable bonds is 6. The molecular formula is C20H34N4O. The van der Waals surface area contributed by atoms with Crippen molar-refractivity contribution in [2.45, 2.75) is 33.8 Å². The van der Waals surface area contributed by atoms with Crippen molar-refractivity contribution in [2.24, 2.45) is 10.9 Å². The van der Waals surface area contributed by atoms with Gasteiger partial charge in [-0.05, 0) is 25.3 Å². The summed E-state index contributed by atoms with van der Waals surface area (Å²) in [4.78, 5) is 9.51. The second-order valence-electron chi connectivity index (χ2n) is 7.30. The van der Waals surface area contributed by atoms with Crippen LogP contribution < -0.4 is 5.32 Å². The van der Waals surface area contributed by atoms with E-state index in [1.807, 2.05) is 24.3 Å². The standard InChI is InChI=1S/C20H34N4O/c1-5-21-20(24-12-10-23(11-13-24)15-16(2)3)22-14-19(25)18-8-6-17(4)7-9-18/h6-9,16,19,25H,5,10-15H2,1-4H3,(H,21,22). The highest BCUT2D eigenvalue weighted by Crippen LogP contribution is 2.14. The van der Waals surface area contributed by atoms with E-state index in [0.717, 1.165) is 50.8 Å². The molecule has 1 heterocycles. The number of aliphatic hydroxyl groups excluding tert-OH is 1. The number of piperazine rings is 1. The van der Waals surface area contributed by atoms with Gasteiger partial charge < -0.3 is 15.3 Å². The lowest BCUT2D eigenvalue weighted by molar-refractivity contribution is 0.162. The molecule has 0 radical (unpaired) electrons. The summed E-state index contributed by atoms with van der Waals surface area (Å²) in [6.45, 7) is 15.2. The van der Waals surface area contributed by atoms with Crippen LogP contribution in [-0.2, 0) is 0 Å². The highest BCUT2D eigenvalue weighted by molar-refractivity contribution is 5.80. The molecule has 1 aromatic rings. The lowest BCUT2D eigenvalue weighted by Gasteiger charge is -2.37. The van der Waals surface area contributed by atoms with Gasteiger partial charge in [0.25, 0.3) is 0 Å². The van der Waals surface area contributed by atoms with E-state index in [4.69, 9.17) is 0 Å². The van der Waals surface area contributed by atoms with Gasteiger partial charge in [0, 0.05) is 39.3 Å². The van der Waals surface area contributed by atoms with Crippen LogP contribution in [0, 0.1) is 12.8 Å². The number of guanidine groups is 1. The largest absolute Gasteiger partial charge is 0.386 e. The first-order valence-electron chi connectivity index (χ1n) is 9.49. The van der Waals surface area contributed by atoms with Crippen molar-refractivity contribution < 1.29 is 5.11 Å². The highest BCUT2D eigenvalue weighted by atomic mass is 16.3. The van der Waals surface area contributed by atoms with Crippen LogP contribution in [0.5, 0.6) is 0 Å². The Kier molecular flexibility index (Phi) is 7.72. The molecule has 2 N–H and O–H groups in total. The monoisotopic (exact) mass is 346 g/mol. The number of hydrogen-bond donors (Lipinski definition) is 2. The molecule has 0 aromatic heterocycles. The summed E-state index contributed by atoms with van der Waals surface area (Å²) in [5, 5.41) is 13.8. The molecule has 0 saturated carbocycles. The van der Waals surface area contributed by atoms with Gasteiger partial charge in [-0.3, -0.25) is 9.89 Å². The van der Waals surface area contributed by atoms with Crippen molar-refractivity contribution in [1.29, 1.82) is 0 Å². The first-order valence-corrected chi connectivity index (χ1v) is 9.49. The van der Waals surface area contributed by atoms with Crippen LogP contribution in [0.1, 0.15) is 38.0 Å². The van der Waals surface area contributed by atoms with Crippen molar-refractivity contribution in [3.63, 3.8) is 0 Å². The first kappa shape index (κ1) is 19.7. The van der Waals surface area contributed by atoms with Crippen LogP contribution in [0.25, 0.3) is 0 Å². The van der Waals surface area contributed by atoms with Crippen LogP contribution in [0.3, 0.4) is 0 Å². The maximum atomic E-state index is 10.4. The van der Waals surface area contributed by atoms with E-state index < -0.39 is 6.10 Å². The van der Waals surface area contributed by atoms with E-state index in [1.54, 1.807) is 0 Å². The van der Waals surface area contributed by atoms with Gasteiger partial charge in [0.05, 0.1) is 12.6 Å². The number of aryl methyl sites for hydroxylation is 1. The molecule has 1 fully saturated rings. The number of nitrogens with one attached hydrogen (secondary N) is 1. The van der Waals surface area contributed by atoms with Crippen LogP contribution in [-0.4, -0.2) is 66.7 Å². The summed E-state index contributed by atoms with van der Waals surface area (Å²) < 4.78 is 0. The van der Waals surface area contributed by atoms with Gasteiger partial charge >= 0.3 is 0 Å². The molecule has 1 atom stereocenters. The van der Waals surface area contributed by atoms with Crippen molar-refractivity contribution >= 4 is 5.96 Å². The van der Waals surface area contributed by atoms with Gasteiger partial charge in [0.1, 0.15) is 0 Å². The van der Waals surface area contributed by atoms with E-state index in [0.29, 0.717) is 12.5 Å². The minimum atomic E-state index is -0.559. The summed E-state index contributed by atoms with van der Waals surface area (Å²) in [6.07, 6.45) is -0.559. The van der Waals surface area contributed by atoms with Crippen molar-refractivity contribution in [2.75, 3.05) is 45.8 Å². The minimum Gasteiger partial charge on any atom is -0.386 e. The molecule has 25 heavy (non-hydrogen) atoms. The van der Waals surface area contributed by atoms with Gasteiger partial charge in [-0.2, -0.15) is 0 Å². The number of nitrogens with zero attached hydrogens (tertiary/aromatic N) is 3. The average molecular weight is 347 g/mol. The third-order valence-corrected chi connectivity index (χ3v) is 4.51. The Morgan fingerprint density at radius 3 is 2.36 bits per heavy atom. The Labute approximate surface area is 152 Å². The number of hydrogen-bond acceptors (Lipinski definition) is 3. The molecule has 1 saturated heterocycles. The van der Waals surface area contributed by atoms with Crippen LogP contribution in [0.15, 0.2) is 29.3 Å². The molecule has 5 heteroatoms. The van der Waals surface area contributed by atoms with E-state index in [9.17, 15) is 5.11 Å². The fraction of sp³-hybridized carbons (Fsp3) is 0.650. The molecule has 0 bridgehead atoms. The molecule has 1 aromatic carbocycles. The Hall–Kier alpha value is -1.59. The number of benzene rings is 1. The Balaban J connectivity index is 1.93. The zero-order chi connectivity index (χ0) is 18.2. The molecule has 1 unspecified atom stereocenters. The van der Waals surface area contributed by atoms with Gasteiger partial charge in [0.15, 0.2) is 5.96 Å². The Morgan fingerprint density at radius 1 is 1.16 bits per heavy atom. The van der Waals surface area contributed by atoms with Gasteiger partial charge in [-0.25, -0.2) is 0 Å². The molecule has 140 valence electrons.